The van der Waals surface area contributed by atoms with Gasteiger partial charge in [0.2, 0.25) is 5.91 Å². The van der Waals surface area contributed by atoms with Gasteiger partial charge in [-0.25, -0.2) is 0 Å². The van der Waals surface area contributed by atoms with Crippen LogP contribution in [0.25, 0.3) is 0 Å². The molecule has 1 unspecified atom stereocenters. The Bertz CT molecular complexity index is 493. The van der Waals surface area contributed by atoms with Crippen molar-refractivity contribution in [1.29, 1.82) is 0 Å². The van der Waals surface area contributed by atoms with Crippen molar-refractivity contribution < 1.29 is 14.3 Å². The van der Waals surface area contributed by atoms with Gasteiger partial charge in [0.1, 0.15) is 11.5 Å². The number of benzene rings is 1. The summed E-state index contributed by atoms with van der Waals surface area (Å²) in [6.07, 6.45) is 1.57. The summed E-state index contributed by atoms with van der Waals surface area (Å²) in [6, 6.07) is 2.89. The van der Waals surface area contributed by atoms with Crippen molar-refractivity contribution in [3.05, 3.63) is 17.2 Å². The summed E-state index contributed by atoms with van der Waals surface area (Å²) in [6.45, 7) is 0.619. The number of carbonyl (C=O) groups is 1. The number of carbonyl (C=O) groups excluding carboxylic acids is 1. The topological polar surface area (TPSA) is 64.8 Å². The van der Waals surface area contributed by atoms with Gasteiger partial charge in [0.05, 0.1) is 31.0 Å². The summed E-state index contributed by atoms with van der Waals surface area (Å²) in [4.78, 5) is 13.8. The molecule has 104 valence electrons. The molecule has 1 amide bonds. The molecule has 0 saturated carbocycles. The zero-order chi connectivity index (χ0) is 14.0. The fourth-order valence-corrected chi connectivity index (χ4v) is 2.43. The van der Waals surface area contributed by atoms with E-state index in [1.165, 1.54) is 14.2 Å². The van der Waals surface area contributed by atoms with Crippen LogP contribution in [0, 0.1) is 0 Å². The van der Waals surface area contributed by atoms with Gasteiger partial charge in [-0.05, 0) is 12.8 Å². The highest BCUT2D eigenvalue weighted by molar-refractivity contribution is 6.32. The van der Waals surface area contributed by atoms with Gasteiger partial charge in [0.15, 0.2) is 0 Å². The molecule has 1 aromatic carbocycles. The van der Waals surface area contributed by atoms with Gasteiger partial charge in [0, 0.05) is 18.7 Å². The summed E-state index contributed by atoms with van der Waals surface area (Å²) >= 11 is 6.05. The van der Waals surface area contributed by atoms with E-state index in [0.717, 1.165) is 6.42 Å². The molecule has 19 heavy (non-hydrogen) atoms. The maximum Gasteiger partial charge on any atom is 0.244 e. The van der Waals surface area contributed by atoms with E-state index in [4.69, 9.17) is 26.8 Å². The largest absolute Gasteiger partial charge is 0.495 e. The van der Waals surface area contributed by atoms with E-state index in [0.29, 0.717) is 35.2 Å². The van der Waals surface area contributed by atoms with Gasteiger partial charge < -0.3 is 20.1 Å². The number of hydrogen-bond acceptors (Lipinski definition) is 4. The quantitative estimate of drug-likeness (QED) is 0.919. The second-order valence-corrected chi connectivity index (χ2v) is 4.80. The van der Waals surface area contributed by atoms with E-state index in [1.54, 1.807) is 17.0 Å². The Morgan fingerprint density at radius 1 is 1.32 bits per heavy atom. The smallest absolute Gasteiger partial charge is 0.244 e. The van der Waals surface area contributed by atoms with Crippen LogP contribution in [-0.4, -0.2) is 32.7 Å². The lowest BCUT2D eigenvalue weighted by molar-refractivity contribution is -0.120. The number of amides is 1. The van der Waals surface area contributed by atoms with E-state index < -0.39 is 6.04 Å². The minimum absolute atomic E-state index is 0.103. The van der Waals surface area contributed by atoms with E-state index in [9.17, 15) is 4.79 Å². The average molecular weight is 285 g/mol. The maximum atomic E-state index is 12.2. The summed E-state index contributed by atoms with van der Waals surface area (Å²) in [5.41, 5.74) is 6.45. The third kappa shape index (κ3) is 2.62. The monoisotopic (exact) mass is 284 g/mol. The predicted octanol–water partition coefficient (Wildman–Crippen LogP) is 1.81. The molecule has 0 aromatic heterocycles. The van der Waals surface area contributed by atoms with Crippen LogP contribution >= 0.6 is 11.6 Å². The fourth-order valence-electron chi connectivity index (χ4n) is 2.20. The minimum Gasteiger partial charge on any atom is -0.495 e. The Morgan fingerprint density at radius 3 is 2.63 bits per heavy atom. The van der Waals surface area contributed by atoms with Crippen LogP contribution < -0.4 is 20.1 Å². The van der Waals surface area contributed by atoms with E-state index in [-0.39, 0.29) is 5.91 Å². The van der Waals surface area contributed by atoms with Crippen molar-refractivity contribution in [1.82, 2.24) is 0 Å². The van der Waals surface area contributed by atoms with Gasteiger partial charge in [-0.1, -0.05) is 11.6 Å². The molecule has 1 heterocycles. The fraction of sp³-hybridized carbons (Fsp3) is 0.462. The Labute approximate surface area is 117 Å². The number of hydrogen-bond donors (Lipinski definition) is 1. The summed E-state index contributed by atoms with van der Waals surface area (Å²) in [7, 11) is 3.07. The number of piperidine rings is 1. The third-order valence-corrected chi connectivity index (χ3v) is 3.52. The average Bonchev–Trinajstić information content (AvgIpc) is 2.42. The van der Waals surface area contributed by atoms with Gasteiger partial charge in [-0.2, -0.15) is 0 Å². The van der Waals surface area contributed by atoms with Crippen LogP contribution in [-0.2, 0) is 4.79 Å². The molecule has 1 atom stereocenters. The molecule has 1 aromatic rings. The third-order valence-electron chi connectivity index (χ3n) is 3.22. The Kier molecular flexibility index (Phi) is 4.17. The number of nitrogens with two attached hydrogens (primary N) is 1. The Balaban J connectivity index is 2.45. The first-order valence-electron chi connectivity index (χ1n) is 6.07. The van der Waals surface area contributed by atoms with Crippen molar-refractivity contribution in [2.45, 2.75) is 18.9 Å². The zero-order valence-corrected chi connectivity index (χ0v) is 11.7. The van der Waals surface area contributed by atoms with Crippen LogP contribution in [0.5, 0.6) is 11.5 Å². The zero-order valence-electron chi connectivity index (χ0n) is 11.0. The molecule has 1 aliphatic rings. The van der Waals surface area contributed by atoms with Gasteiger partial charge in [0.25, 0.3) is 0 Å². The van der Waals surface area contributed by atoms with Crippen LogP contribution in [0.2, 0.25) is 5.02 Å². The molecule has 6 heteroatoms. The second-order valence-electron chi connectivity index (χ2n) is 4.40. The van der Waals surface area contributed by atoms with Crippen molar-refractivity contribution in [2.75, 3.05) is 25.7 Å². The molecule has 0 radical (unpaired) electrons. The minimum atomic E-state index is -0.458. The van der Waals surface area contributed by atoms with E-state index in [2.05, 4.69) is 0 Å². The van der Waals surface area contributed by atoms with Gasteiger partial charge in [-0.15, -0.1) is 0 Å². The summed E-state index contributed by atoms with van der Waals surface area (Å²) in [5.74, 6) is 0.937. The molecule has 2 rings (SSSR count). The lowest BCUT2D eigenvalue weighted by Crippen LogP contribution is -2.48. The molecule has 2 N–H and O–H groups in total. The van der Waals surface area contributed by atoms with Crippen LogP contribution in [0.3, 0.4) is 0 Å². The molecular weight excluding hydrogens is 268 g/mol. The van der Waals surface area contributed by atoms with Crippen molar-refractivity contribution in [3.63, 3.8) is 0 Å². The van der Waals surface area contributed by atoms with Crippen molar-refractivity contribution in [2.24, 2.45) is 5.73 Å². The number of halogens is 1. The van der Waals surface area contributed by atoms with Crippen LogP contribution in [0.4, 0.5) is 5.69 Å². The summed E-state index contributed by atoms with van der Waals surface area (Å²) in [5, 5.41) is 0.442. The molecule has 1 fully saturated rings. The summed E-state index contributed by atoms with van der Waals surface area (Å²) < 4.78 is 10.5. The first kappa shape index (κ1) is 14.0. The highest BCUT2D eigenvalue weighted by Gasteiger charge is 2.29. The van der Waals surface area contributed by atoms with E-state index >= 15 is 0 Å². The second kappa shape index (κ2) is 5.67. The first-order chi connectivity index (χ1) is 9.08. The lowest BCUT2D eigenvalue weighted by atomic mass is 10.0. The first-order valence-corrected chi connectivity index (χ1v) is 6.44. The predicted molar refractivity (Wildman–Crippen MR) is 74.1 cm³/mol. The molecular formula is C13H17ClN2O3. The number of ether oxygens (including phenoxy) is 2. The van der Waals surface area contributed by atoms with Crippen molar-refractivity contribution in [3.8, 4) is 11.5 Å². The SMILES string of the molecule is COc1cc(N2CCCC(N)C2=O)c(OC)cc1Cl. The number of methoxy groups -OCH3 is 2. The number of nitrogens with zero attached hydrogens (tertiary/aromatic N) is 1. The van der Waals surface area contributed by atoms with Gasteiger partial charge in [-0.3, -0.25) is 4.79 Å². The standard InChI is InChI=1S/C13H17ClN2O3/c1-18-11-7-10(12(19-2)6-8(11)14)16-5-3-4-9(15)13(16)17/h6-7,9H,3-5,15H2,1-2H3. The lowest BCUT2D eigenvalue weighted by Gasteiger charge is -2.31. The highest BCUT2D eigenvalue weighted by Crippen LogP contribution is 2.39. The van der Waals surface area contributed by atoms with Crippen LogP contribution in [0.15, 0.2) is 12.1 Å². The highest BCUT2D eigenvalue weighted by atomic mass is 35.5. The molecule has 1 saturated heterocycles. The Morgan fingerprint density at radius 2 is 2.00 bits per heavy atom. The molecule has 0 aliphatic carbocycles. The van der Waals surface area contributed by atoms with Crippen molar-refractivity contribution >= 4 is 23.2 Å². The number of anilines is 1. The van der Waals surface area contributed by atoms with E-state index in [1.807, 2.05) is 0 Å². The van der Waals surface area contributed by atoms with Crippen LogP contribution in [0.1, 0.15) is 12.8 Å². The Hall–Kier alpha value is -1.46. The molecule has 0 bridgehead atoms. The molecule has 5 nitrogen and oxygen atoms in total. The molecule has 0 spiro atoms. The number of rotatable bonds is 3. The maximum absolute atomic E-state index is 12.2. The normalized spacial score (nSPS) is 19.5. The molecule has 1 aliphatic heterocycles. The van der Waals surface area contributed by atoms with Gasteiger partial charge >= 0.3 is 0 Å².